The molecule has 0 spiro atoms. The molecule has 132 valence electrons. The predicted octanol–water partition coefficient (Wildman–Crippen LogP) is 2.71. The van der Waals surface area contributed by atoms with E-state index < -0.39 is 23.6 Å². The van der Waals surface area contributed by atoms with Gasteiger partial charge in [-0.3, -0.25) is 9.59 Å². The van der Waals surface area contributed by atoms with Crippen molar-refractivity contribution in [2.75, 3.05) is 18.4 Å². The van der Waals surface area contributed by atoms with Crippen molar-refractivity contribution in [2.45, 2.75) is 13.1 Å². The van der Waals surface area contributed by atoms with Gasteiger partial charge >= 0.3 is 6.18 Å². The fourth-order valence-electron chi connectivity index (χ4n) is 2.46. The summed E-state index contributed by atoms with van der Waals surface area (Å²) in [7, 11) is 0. The maximum atomic E-state index is 12.7. The highest BCUT2D eigenvalue weighted by Gasteiger charge is 2.37. The number of rotatable bonds is 3. The Bertz CT molecular complexity index is 810. The molecule has 1 N–H and O–H groups in total. The normalized spacial score (nSPS) is 15.0. The molecule has 0 unspecified atom stereocenters. The van der Waals surface area contributed by atoms with E-state index in [1.54, 1.807) is 6.92 Å². The molecule has 1 fully saturated rings. The molecule has 1 aliphatic heterocycles. The maximum absolute atomic E-state index is 12.7. The van der Waals surface area contributed by atoms with Crippen molar-refractivity contribution in [1.82, 2.24) is 10.1 Å². The van der Waals surface area contributed by atoms with E-state index >= 15 is 0 Å². The number of halogens is 3. The van der Waals surface area contributed by atoms with Crippen molar-refractivity contribution >= 4 is 17.5 Å². The third kappa shape index (κ3) is 3.65. The molecule has 2 heterocycles. The number of nitrogens with one attached hydrogen (secondary N) is 1. The zero-order chi connectivity index (χ0) is 18.2. The smallest absolute Gasteiger partial charge is 0.361 e. The second kappa shape index (κ2) is 6.23. The Morgan fingerprint density at radius 3 is 2.60 bits per heavy atom. The van der Waals surface area contributed by atoms with Gasteiger partial charge in [-0.1, -0.05) is 11.2 Å². The van der Waals surface area contributed by atoms with Gasteiger partial charge in [0.25, 0.3) is 5.91 Å². The van der Waals surface area contributed by atoms with Crippen LogP contribution in [0.4, 0.5) is 18.9 Å². The molecular formula is C16H14F3N3O3. The number of carbonyl (C=O) groups is 2. The van der Waals surface area contributed by atoms with E-state index in [1.807, 2.05) is 0 Å². The van der Waals surface area contributed by atoms with Crippen LogP contribution in [0, 0.1) is 12.8 Å². The monoisotopic (exact) mass is 353 g/mol. The average Bonchev–Trinajstić information content (AvgIpc) is 2.91. The Hall–Kier alpha value is -2.84. The second-order valence-electron chi connectivity index (χ2n) is 5.80. The molecule has 0 radical (unpaired) electrons. The van der Waals surface area contributed by atoms with E-state index in [0.717, 1.165) is 12.1 Å². The van der Waals surface area contributed by atoms with Crippen molar-refractivity contribution < 1.29 is 27.3 Å². The van der Waals surface area contributed by atoms with E-state index in [9.17, 15) is 22.8 Å². The fourth-order valence-corrected chi connectivity index (χ4v) is 2.46. The highest BCUT2D eigenvalue weighted by Crippen LogP contribution is 2.31. The van der Waals surface area contributed by atoms with Crippen molar-refractivity contribution in [3.63, 3.8) is 0 Å². The highest BCUT2D eigenvalue weighted by molar-refractivity contribution is 5.97. The van der Waals surface area contributed by atoms with Crippen LogP contribution in [0.15, 0.2) is 34.9 Å². The largest absolute Gasteiger partial charge is 0.416 e. The molecule has 0 atom stereocenters. The first kappa shape index (κ1) is 17.0. The number of likely N-dealkylation sites (tertiary alicyclic amines) is 1. The minimum atomic E-state index is -4.48. The van der Waals surface area contributed by atoms with Gasteiger partial charge in [0.1, 0.15) is 5.76 Å². The lowest BCUT2D eigenvalue weighted by Gasteiger charge is -2.37. The number of hydrogen-bond acceptors (Lipinski definition) is 4. The van der Waals surface area contributed by atoms with E-state index in [1.165, 1.54) is 23.1 Å². The molecular weight excluding hydrogens is 339 g/mol. The maximum Gasteiger partial charge on any atom is 0.416 e. The summed E-state index contributed by atoms with van der Waals surface area (Å²) in [5, 5.41) is 6.06. The summed E-state index contributed by atoms with van der Waals surface area (Å²) in [6, 6.07) is 5.91. The summed E-state index contributed by atoms with van der Waals surface area (Å²) in [5.74, 6) is -0.756. The molecule has 25 heavy (non-hydrogen) atoms. The lowest BCUT2D eigenvalue weighted by Crippen LogP contribution is -2.54. The van der Waals surface area contributed by atoms with Gasteiger partial charge in [-0.25, -0.2) is 0 Å². The minimum absolute atomic E-state index is 0.0664. The van der Waals surface area contributed by atoms with E-state index in [2.05, 4.69) is 10.5 Å². The Morgan fingerprint density at radius 2 is 2.00 bits per heavy atom. The molecule has 1 aromatic heterocycles. The zero-order valence-electron chi connectivity index (χ0n) is 13.1. The van der Waals surface area contributed by atoms with Crippen LogP contribution >= 0.6 is 0 Å². The first-order valence-electron chi connectivity index (χ1n) is 7.45. The van der Waals surface area contributed by atoms with Crippen LogP contribution in [-0.2, 0) is 11.0 Å². The molecule has 0 bridgehead atoms. The van der Waals surface area contributed by atoms with Gasteiger partial charge in [-0.15, -0.1) is 0 Å². The molecule has 9 heteroatoms. The van der Waals surface area contributed by atoms with E-state index in [0.29, 0.717) is 5.76 Å². The van der Waals surface area contributed by atoms with E-state index in [4.69, 9.17) is 4.52 Å². The number of hydrogen-bond donors (Lipinski definition) is 1. The third-order valence-electron chi connectivity index (χ3n) is 3.84. The highest BCUT2D eigenvalue weighted by atomic mass is 19.4. The Morgan fingerprint density at radius 1 is 1.28 bits per heavy atom. The summed E-state index contributed by atoms with van der Waals surface area (Å²) in [6.07, 6.45) is -4.48. The first-order chi connectivity index (χ1) is 11.7. The lowest BCUT2D eigenvalue weighted by atomic mass is 9.98. The SMILES string of the molecule is Cc1cc(C(=O)N2CC(C(=O)Nc3cccc(C(F)(F)F)c3)C2)no1. The Kier molecular flexibility index (Phi) is 4.23. The van der Waals surface area contributed by atoms with Crippen LogP contribution in [0.25, 0.3) is 0 Å². The Labute approximate surface area is 140 Å². The summed E-state index contributed by atoms with van der Waals surface area (Å²) in [4.78, 5) is 25.6. The number of carbonyl (C=O) groups excluding carboxylic acids is 2. The van der Waals surface area contributed by atoms with Crippen LogP contribution in [-0.4, -0.2) is 35.0 Å². The van der Waals surface area contributed by atoms with Gasteiger partial charge in [0, 0.05) is 24.8 Å². The lowest BCUT2D eigenvalue weighted by molar-refractivity contribution is -0.137. The molecule has 6 nitrogen and oxygen atoms in total. The molecule has 0 saturated carbocycles. The standard InChI is InChI=1S/C16H14F3N3O3/c1-9-5-13(21-25-9)15(24)22-7-10(8-22)14(23)20-12-4-2-3-11(6-12)16(17,18)19/h2-6,10H,7-8H2,1H3,(H,20,23). The van der Waals surface area contributed by atoms with Crippen LogP contribution in [0.2, 0.25) is 0 Å². The molecule has 2 aromatic rings. The quantitative estimate of drug-likeness (QED) is 0.921. The molecule has 3 rings (SSSR count). The van der Waals surface area contributed by atoms with Gasteiger partial charge in [-0.2, -0.15) is 13.2 Å². The average molecular weight is 353 g/mol. The van der Waals surface area contributed by atoms with E-state index in [-0.39, 0.29) is 30.4 Å². The topological polar surface area (TPSA) is 75.4 Å². The first-order valence-corrected chi connectivity index (χ1v) is 7.45. The van der Waals surface area contributed by atoms with Crippen molar-refractivity contribution in [3.8, 4) is 0 Å². The number of nitrogens with zero attached hydrogens (tertiary/aromatic N) is 2. The summed E-state index contributed by atoms with van der Waals surface area (Å²) >= 11 is 0. The second-order valence-corrected chi connectivity index (χ2v) is 5.80. The van der Waals surface area contributed by atoms with Crippen LogP contribution in [0.1, 0.15) is 21.8 Å². The van der Waals surface area contributed by atoms with Crippen molar-refractivity contribution in [2.24, 2.45) is 5.92 Å². The summed E-state index contributed by atoms with van der Waals surface area (Å²) in [5.41, 5.74) is -0.608. The molecule has 1 saturated heterocycles. The summed E-state index contributed by atoms with van der Waals surface area (Å²) in [6.45, 7) is 2.01. The number of alkyl halides is 3. The fraction of sp³-hybridized carbons (Fsp3) is 0.312. The van der Waals surface area contributed by atoms with Crippen LogP contribution in [0.3, 0.4) is 0 Å². The van der Waals surface area contributed by atoms with Gasteiger partial charge in [-0.05, 0) is 25.1 Å². The molecule has 2 amide bonds. The number of amides is 2. The van der Waals surface area contributed by atoms with Crippen LogP contribution < -0.4 is 5.32 Å². The molecule has 1 aliphatic rings. The van der Waals surface area contributed by atoms with Gasteiger partial charge in [0.05, 0.1) is 11.5 Å². The van der Waals surface area contributed by atoms with Gasteiger partial charge < -0.3 is 14.7 Å². The predicted molar refractivity (Wildman–Crippen MR) is 80.7 cm³/mol. The molecule has 0 aliphatic carbocycles. The zero-order valence-corrected chi connectivity index (χ0v) is 13.1. The van der Waals surface area contributed by atoms with Crippen molar-refractivity contribution in [3.05, 3.63) is 47.3 Å². The Balaban J connectivity index is 1.57. The van der Waals surface area contributed by atoms with Crippen molar-refractivity contribution in [1.29, 1.82) is 0 Å². The van der Waals surface area contributed by atoms with Gasteiger partial charge in [0.2, 0.25) is 5.91 Å². The number of benzene rings is 1. The summed E-state index contributed by atoms with van der Waals surface area (Å²) < 4.78 is 42.8. The molecule has 1 aromatic carbocycles. The van der Waals surface area contributed by atoms with Crippen LogP contribution in [0.5, 0.6) is 0 Å². The third-order valence-corrected chi connectivity index (χ3v) is 3.84. The minimum Gasteiger partial charge on any atom is -0.361 e. The number of aryl methyl sites for hydroxylation is 1. The number of aromatic nitrogens is 1. The number of anilines is 1. The van der Waals surface area contributed by atoms with Gasteiger partial charge in [0.15, 0.2) is 5.69 Å².